The summed E-state index contributed by atoms with van der Waals surface area (Å²) in [6.07, 6.45) is 3.21. The maximum Gasteiger partial charge on any atom is 0.317 e. The predicted molar refractivity (Wildman–Crippen MR) is 64.3 cm³/mol. The second-order valence-electron chi connectivity index (χ2n) is 3.72. The Labute approximate surface area is 101 Å². The van der Waals surface area contributed by atoms with Gasteiger partial charge in [-0.2, -0.15) is 4.98 Å². The summed E-state index contributed by atoms with van der Waals surface area (Å²) in [5.74, 6) is -0.0473. The van der Waals surface area contributed by atoms with Gasteiger partial charge in [-0.05, 0) is 19.4 Å². The fourth-order valence-electron chi connectivity index (χ4n) is 1.30. The second kappa shape index (κ2) is 6.67. The van der Waals surface area contributed by atoms with Crippen LogP contribution in [-0.2, 0) is 0 Å². The first-order chi connectivity index (χ1) is 8.17. The van der Waals surface area contributed by atoms with Gasteiger partial charge in [-0.15, -0.1) is 0 Å². The monoisotopic (exact) mass is 238 g/mol. The maximum atomic E-state index is 8.58. The first-order valence-electron chi connectivity index (χ1n) is 5.63. The highest BCUT2D eigenvalue weighted by Crippen LogP contribution is 2.08. The molecule has 3 N–H and O–H groups in total. The zero-order valence-corrected chi connectivity index (χ0v) is 10.2. The molecule has 1 aromatic rings. The zero-order valence-electron chi connectivity index (χ0n) is 10.2. The number of ether oxygens (including phenoxy) is 1. The van der Waals surface area contributed by atoms with Gasteiger partial charge >= 0.3 is 6.01 Å². The molecule has 1 rings (SSSR count). The van der Waals surface area contributed by atoms with Crippen molar-refractivity contribution in [2.45, 2.75) is 33.1 Å². The molecule has 94 valence electrons. The van der Waals surface area contributed by atoms with Crippen molar-refractivity contribution in [1.29, 1.82) is 0 Å². The molecule has 0 aliphatic carbocycles. The van der Waals surface area contributed by atoms with Gasteiger partial charge in [0.1, 0.15) is 5.69 Å². The van der Waals surface area contributed by atoms with E-state index < -0.39 is 0 Å². The number of hydrogen-bond acceptors (Lipinski definition) is 5. The first kappa shape index (κ1) is 13.2. The topological polar surface area (TPSA) is 93.6 Å². The van der Waals surface area contributed by atoms with Gasteiger partial charge in [0.2, 0.25) is 0 Å². The SMILES string of the molecule is CCCCCOc1nc(C)cc(/C(N)=N/O)n1. The molecule has 0 saturated heterocycles. The molecule has 1 heterocycles. The summed E-state index contributed by atoms with van der Waals surface area (Å²) in [6, 6.07) is 1.90. The first-order valence-corrected chi connectivity index (χ1v) is 5.63. The Morgan fingerprint density at radius 2 is 2.24 bits per heavy atom. The minimum atomic E-state index is -0.0473. The molecule has 0 aliphatic heterocycles. The molecule has 0 unspecified atom stereocenters. The number of unbranched alkanes of at least 4 members (excludes halogenated alkanes) is 2. The van der Waals surface area contributed by atoms with Crippen LogP contribution >= 0.6 is 0 Å². The van der Waals surface area contributed by atoms with Crippen molar-refractivity contribution in [1.82, 2.24) is 9.97 Å². The molecule has 0 atom stereocenters. The minimum absolute atomic E-state index is 0.0473. The summed E-state index contributed by atoms with van der Waals surface area (Å²) >= 11 is 0. The Hall–Kier alpha value is -1.85. The Morgan fingerprint density at radius 3 is 2.88 bits per heavy atom. The van der Waals surface area contributed by atoms with Crippen LogP contribution in [0.1, 0.15) is 37.6 Å². The van der Waals surface area contributed by atoms with Gasteiger partial charge in [0, 0.05) is 5.69 Å². The molecule has 6 heteroatoms. The van der Waals surface area contributed by atoms with Crippen LogP contribution in [0.25, 0.3) is 0 Å². The van der Waals surface area contributed by atoms with Crippen LogP contribution in [0.15, 0.2) is 11.2 Å². The van der Waals surface area contributed by atoms with E-state index in [1.807, 2.05) is 0 Å². The highest BCUT2D eigenvalue weighted by atomic mass is 16.5. The van der Waals surface area contributed by atoms with Crippen molar-refractivity contribution >= 4 is 5.84 Å². The van der Waals surface area contributed by atoms with Crippen LogP contribution in [0.2, 0.25) is 0 Å². The Bertz CT molecular complexity index is 393. The van der Waals surface area contributed by atoms with Gasteiger partial charge in [-0.25, -0.2) is 4.98 Å². The number of nitrogens with zero attached hydrogens (tertiary/aromatic N) is 3. The van der Waals surface area contributed by atoms with Crippen molar-refractivity contribution in [3.8, 4) is 6.01 Å². The number of aromatic nitrogens is 2. The van der Waals surface area contributed by atoms with E-state index in [0.29, 0.717) is 18.0 Å². The molecule has 0 aromatic carbocycles. The van der Waals surface area contributed by atoms with Gasteiger partial charge in [0.05, 0.1) is 6.61 Å². The lowest BCUT2D eigenvalue weighted by Gasteiger charge is -2.06. The third-order valence-corrected chi connectivity index (χ3v) is 2.18. The molecule has 0 fully saturated rings. The lowest BCUT2D eigenvalue weighted by molar-refractivity contribution is 0.281. The molecular weight excluding hydrogens is 220 g/mol. The highest BCUT2D eigenvalue weighted by molar-refractivity contribution is 5.95. The summed E-state index contributed by atoms with van der Waals surface area (Å²) in [5, 5.41) is 11.5. The van der Waals surface area contributed by atoms with Gasteiger partial charge in [-0.3, -0.25) is 0 Å². The van der Waals surface area contributed by atoms with E-state index in [1.165, 1.54) is 0 Å². The van der Waals surface area contributed by atoms with Crippen LogP contribution in [0.5, 0.6) is 6.01 Å². The highest BCUT2D eigenvalue weighted by Gasteiger charge is 2.06. The van der Waals surface area contributed by atoms with Gasteiger partial charge < -0.3 is 15.7 Å². The number of aryl methyl sites for hydroxylation is 1. The second-order valence-corrected chi connectivity index (χ2v) is 3.72. The molecule has 0 amide bonds. The Balaban J connectivity index is 2.69. The predicted octanol–water partition coefficient (Wildman–Crippen LogP) is 1.45. The summed E-state index contributed by atoms with van der Waals surface area (Å²) in [6.45, 7) is 4.50. The molecule has 0 aliphatic rings. The quantitative estimate of drug-likeness (QED) is 0.257. The van der Waals surface area contributed by atoms with Gasteiger partial charge in [-0.1, -0.05) is 24.9 Å². The maximum absolute atomic E-state index is 8.58. The van der Waals surface area contributed by atoms with Crippen molar-refractivity contribution in [2.24, 2.45) is 10.9 Å². The third kappa shape index (κ3) is 4.26. The van der Waals surface area contributed by atoms with Crippen LogP contribution in [0, 0.1) is 6.92 Å². The molecule has 0 saturated carbocycles. The molecule has 0 radical (unpaired) electrons. The standard InChI is InChI=1S/C11H18N4O2/c1-3-4-5-6-17-11-13-8(2)7-9(14-11)10(12)15-16/h7,16H,3-6H2,1-2H3,(H2,12,15). The minimum Gasteiger partial charge on any atom is -0.463 e. The van der Waals surface area contributed by atoms with Gasteiger partial charge in [0.15, 0.2) is 5.84 Å². The smallest absolute Gasteiger partial charge is 0.317 e. The van der Waals surface area contributed by atoms with E-state index >= 15 is 0 Å². The zero-order chi connectivity index (χ0) is 12.7. The van der Waals surface area contributed by atoms with Crippen LogP contribution in [0.3, 0.4) is 0 Å². The Morgan fingerprint density at radius 1 is 1.47 bits per heavy atom. The summed E-state index contributed by atoms with van der Waals surface area (Å²) in [5.41, 5.74) is 6.54. The molecule has 6 nitrogen and oxygen atoms in total. The summed E-state index contributed by atoms with van der Waals surface area (Å²) in [4.78, 5) is 8.18. The average Bonchev–Trinajstić information content (AvgIpc) is 2.33. The fraction of sp³-hybridized carbons (Fsp3) is 0.545. The molecular formula is C11H18N4O2. The number of amidine groups is 1. The lowest BCUT2D eigenvalue weighted by atomic mass is 10.3. The van der Waals surface area contributed by atoms with E-state index in [-0.39, 0.29) is 11.8 Å². The summed E-state index contributed by atoms with van der Waals surface area (Å²) < 4.78 is 5.41. The molecule has 0 spiro atoms. The average molecular weight is 238 g/mol. The van der Waals surface area contributed by atoms with E-state index in [9.17, 15) is 0 Å². The number of rotatable bonds is 6. The van der Waals surface area contributed by atoms with Crippen molar-refractivity contribution < 1.29 is 9.94 Å². The van der Waals surface area contributed by atoms with Crippen LogP contribution in [0.4, 0.5) is 0 Å². The summed E-state index contributed by atoms with van der Waals surface area (Å²) in [7, 11) is 0. The van der Waals surface area contributed by atoms with Crippen LogP contribution < -0.4 is 10.5 Å². The fourth-order valence-corrected chi connectivity index (χ4v) is 1.30. The van der Waals surface area contributed by atoms with E-state index in [2.05, 4.69) is 22.0 Å². The third-order valence-electron chi connectivity index (χ3n) is 2.18. The largest absolute Gasteiger partial charge is 0.463 e. The molecule has 0 bridgehead atoms. The van der Waals surface area contributed by atoms with E-state index in [0.717, 1.165) is 19.3 Å². The Kier molecular flexibility index (Phi) is 5.19. The van der Waals surface area contributed by atoms with Gasteiger partial charge in [0.25, 0.3) is 0 Å². The van der Waals surface area contributed by atoms with Crippen molar-refractivity contribution in [3.63, 3.8) is 0 Å². The number of hydrogen-bond donors (Lipinski definition) is 2. The van der Waals surface area contributed by atoms with Crippen molar-refractivity contribution in [2.75, 3.05) is 6.61 Å². The lowest BCUT2D eigenvalue weighted by Crippen LogP contribution is -2.16. The number of nitrogens with two attached hydrogens (primary N) is 1. The molecule has 17 heavy (non-hydrogen) atoms. The molecule has 1 aromatic heterocycles. The van der Waals surface area contributed by atoms with Crippen LogP contribution in [-0.4, -0.2) is 27.6 Å². The van der Waals surface area contributed by atoms with E-state index in [1.54, 1.807) is 13.0 Å². The van der Waals surface area contributed by atoms with Crippen molar-refractivity contribution in [3.05, 3.63) is 17.5 Å². The van der Waals surface area contributed by atoms with E-state index in [4.69, 9.17) is 15.7 Å². The number of oxime groups is 1. The normalized spacial score (nSPS) is 11.5.